The van der Waals surface area contributed by atoms with Crippen molar-refractivity contribution >= 4 is 18.1 Å². The normalized spacial score (nSPS) is 8.00. The first-order valence-corrected chi connectivity index (χ1v) is 3.89. The number of carboxylic acid groups (broad SMARTS) is 2. The van der Waals surface area contributed by atoms with Gasteiger partial charge in [0.05, 0.1) is 0 Å². The summed E-state index contributed by atoms with van der Waals surface area (Å²) in [7, 11) is 0. The van der Waals surface area contributed by atoms with Crippen LogP contribution in [0.5, 0.6) is 0 Å². The average molecular weight is 220 g/mol. The fourth-order valence-corrected chi connectivity index (χ4v) is 0.487. The number of guanidine groups is 2. The lowest BCUT2D eigenvalue weighted by Gasteiger charge is -1.93. The van der Waals surface area contributed by atoms with Crippen LogP contribution in [-0.2, 0) is 0 Å². The molecule has 0 aliphatic carbocycles. The second-order valence-corrected chi connectivity index (χ2v) is 2.25. The minimum absolute atomic E-state index is 0.0923. The van der Waals surface area contributed by atoms with Gasteiger partial charge in [0.15, 0.2) is 11.9 Å². The van der Waals surface area contributed by atoms with Crippen molar-refractivity contribution < 1.29 is 15.0 Å². The van der Waals surface area contributed by atoms with Gasteiger partial charge in [-0.25, -0.2) is 4.79 Å². The first kappa shape index (κ1) is 15.3. The third kappa shape index (κ3) is 33.7. The zero-order chi connectivity index (χ0) is 12.3. The number of nitrogens with zero attached hydrogens (tertiary/aromatic N) is 2. The smallest absolute Gasteiger partial charge is 0.450 e. The molecule has 0 saturated heterocycles. The van der Waals surface area contributed by atoms with E-state index in [2.05, 4.69) is 9.98 Å². The number of rotatable bonds is 4. The molecule has 0 aliphatic rings. The van der Waals surface area contributed by atoms with E-state index >= 15 is 0 Å². The molecule has 88 valence electrons. The van der Waals surface area contributed by atoms with Crippen LogP contribution in [0.15, 0.2) is 9.98 Å². The van der Waals surface area contributed by atoms with E-state index in [0.29, 0.717) is 13.1 Å². The number of hydrogen-bond donors (Lipinski definition) is 6. The van der Waals surface area contributed by atoms with Gasteiger partial charge in [0.2, 0.25) is 0 Å². The fourth-order valence-electron chi connectivity index (χ4n) is 0.487. The lowest BCUT2D eigenvalue weighted by Crippen LogP contribution is -2.24. The van der Waals surface area contributed by atoms with Crippen LogP contribution < -0.4 is 22.9 Å². The van der Waals surface area contributed by atoms with Gasteiger partial charge in [0.25, 0.3) is 0 Å². The molecule has 0 atom stereocenters. The monoisotopic (exact) mass is 220 g/mol. The molecule has 0 amide bonds. The molecule has 0 heterocycles. The molecule has 9 heteroatoms. The second-order valence-electron chi connectivity index (χ2n) is 2.25. The highest BCUT2D eigenvalue weighted by Crippen LogP contribution is 1.81. The largest absolute Gasteiger partial charge is 0.503 e. The lowest BCUT2D eigenvalue weighted by molar-refractivity contribution is 0.137. The third-order valence-corrected chi connectivity index (χ3v) is 0.905. The maximum absolute atomic E-state index is 8.56. The van der Waals surface area contributed by atoms with Crippen LogP contribution in [0.25, 0.3) is 0 Å². The van der Waals surface area contributed by atoms with E-state index in [0.717, 1.165) is 6.42 Å². The maximum Gasteiger partial charge on any atom is 0.503 e. The summed E-state index contributed by atoms with van der Waals surface area (Å²) in [6.07, 6.45) is -1.09. The van der Waals surface area contributed by atoms with E-state index in [9.17, 15) is 0 Å². The summed E-state index contributed by atoms with van der Waals surface area (Å²) in [6, 6.07) is 0. The van der Waals surface area contributed by atoms with Crippen molar-refractivity contribution in [1.82, 2.24) is 0 Å². The van der Waals surface area contributed by atoms with Crippen molar-refractivity contribution in [2.75, 3.05) is 13.1 Å². The summed E-state index contributed by atoms with van der Waals surface area (Å²) in [5.74, 6) is 0.185. The van der Waals surface area contributed by atoms with E-state index in [4.69, 9.17) is 37.9 Å². The molecular formula is C6H16N6O3. The average Bonchev–Trinajstić information content (AvgIpc) is 2.01. The molecule has 0 aromatic heterocycles. The van der Waals surface area contributed by atoms with E-state index in [1.165, 1.54) is 0 Å². The minimum atomic E-state index is -1.83. The van der Waals surface area contributed by atoms with Gasteiger partial charge >= 0.3 is 6.16 Å². The Morgan fingerprint density at radius 1 is 0.933 bits per heavy atom. The van der Waals surface area contributed by atoms with E-state index in [1.54, 1.807) is 0 Å². The second kappa shape index (κ2) is 9.89. The van der Waals surface area contributed by atoms with Crippen LogP contribution in [0, 0.1) is 0 Å². The van der Waals surface area contributed by atoms with Crippen molar-refractivity contribution in [3.63, 3.8) is 0 Å². The lowest BCUT2D eigenvalue weighted by atomic mass is 10.4. The highest BCUT2D eigenvalue weighted by molar-refractivity contribution is 5.76. The van der Waals surface area contributed by atoms with Crippen LogP contribution in [0.2, 0.25) is 0 Å². The molecule has 15 heavy (non-hydrogen) atoms. The molecule has 0 spiro atoms. The molecule has 0 unspecified atom stereocenters. The highest BCUT2D eigenvalue weighted by atomic mass is 16.6. The van der Waals surface area contributed by atoms with Gasteiger partial charge in [-0.1, -0.05) is 0 Å². The van der Waals surface area contributed by atoms with E-state index in [1.807, 2.05) is 0 Å². The molecule has 0 bridgehead atoms. The molecule has 0 aromatic rings. The Labute approximate surface area is 86.5 Å². The third-order valence-electron chi connectivity index (χ3n) is 0.905. The standard InChI is InChI=1S/C5H14N6.CH2O3/c6-4(7)10-2-1-3-11-5(8)9;2-1(3)4/h1-3H2,(H4,6,7,10)(H4,8,9,11);(H2,2,3,4). The molecule has 0 saturated carbocycles. The predicted octanol–water partition coefficient (Wildman–Crippen LogP) is -1.85. The minimum Gasteiger partial charge on any atom is -0.450 e. The van der Waals surface area contributed by atoms with Gasteiger partial charge in [-0.3, -0.25) is 9.98 Å². The van der Waals surface area contributed by atoms with Gasteiger partial charge in [-0.05, 0) is 6.42 Å². The molecule has 9 nitrogen and oxygen atoms in total. The van der Waals surface area contributed by atoms with Crippen LogP contribution in [0.3, 0.4) is 0 Å². The van der Waals surface area contributed by atoms with Crippen molar-refractivity contribution in [3.05, 3.63) is 0 Å². The molecule has 10 N–H and O–H groups in total. The summed E-state index contributed by atoms with van der Waals surface area (Å²) in [5.41, 5.74) is 20.3. The summed E-state index contributed by atoms with van der Waals surface area (Å²) in [6.45, 7) is 1.11. The Hall–Kier alpha value is -2.19. The summed E-state index contributed by atoms with van der Waals surface area (Å²) >= 11 is 0. The van der Waals surface area contributed by atoms with Crippen LogP contribution >= 0.6 is 0 Å². The van der Waals surface area contributed by atoms with Gasteiger partial charge in [0.1, 0.15) is 0 Å². The van der Waals surface area contributed by atoms with Crippen molar-refractivity contribution in [3.8, 4) is 0 Å². The SMILES string of the molecule is NC(N)=NCCCN=C(N)N.O=C(O)O. The zero-order valence-electron chi connectivity index (χ0n) is 8.13. The Balaban J connectivity index is 0. The number of hydrogen-bond acceptors (Lipinski definition) is 3. The Morgan fingerprint density at radius 2 is 1.20 bits per heavy atom. The van der Waals surface area contributed by atoms with E-state index in [-0.39, 0.29) is 11.9 Å². The van der Waals surface area contributed by atoms with Gasteiger partial charge in [-0.2, -0.15) is 0 Å². The van der Waals surface area contributed by atoms with Crippen molar-refractivity contribution in [2.24, 2.45) is 32.9 Å². The summed E-state index contributed by atoms with van der Waals surface area (Å²) < 4.78 is 0. The maximum atomic E-state index is 8.56. The predicted molar refractivity (Wildman–Crippen MR) is 56.6 cm³/mol. The van der Waals surface area contributed by atoms with Gasteiger partial charge in [0, 0.05) is 13.1 Å². The van der Waals surface area contributed by atoms with Gasteiger partial charge < -0.3 is 33.1 Å². The molecular weight excluding hydrogens is 204 g/mol. The van der Waals surface area contributed by atoms with Crippen LogP contribution in [-0.4, -0.2) is 41.4 Å². The number of aliphatic imine (C=N–C) groups is 2. The Bertz CT molecular complexity index is 209. The quantitative estimate of drug-likeness (QED) is 0.182. The van der Waals surface area contributed by atoms with Crippen molar-refractivity contribution in [1.29, 1.82) is 0 Å². The molecule has 0 radical (unpaired) electrons. The topological polar surface area (TPSA) is 186 Å². The Morgan fingerprint density at radius 3 is 1.40 bits per heavy atom. The summed E-state index contributed by atoms with van der Waals surface area (Å²) in [5, 5.41) is 13.9. The number of carbonyl (C=O) groups is 1. The number of nitrogens with two attached hydrogens (primary N) is 4. The fraction of sp³-hybridized carbons (Fsp3) is 0.500. The molecule has 0 aromatic carbocycles. The Kier molecular flexibility index (Phi) is 10.1. The first-order chi connectivity index (χ1) is 6.86. The summed E-state index contributed by atoms with van der Waals surface area (Å²) in [4.78, 5) is 16.0. The molecule has 0 aliphatic heterocycles. The molecule has 0 rings (SSSR count). The zero-order valence-corrected chi connectivity index (χ0v) is 8.13. The van der Waals surface area contributed by atoms with Crippen molar-refractivity contribution in [2.45, 2.75) is 6.42 Å². The van der Waals surface area contributed by atoms with E-state index < -0.39 is 6.16 Å². The first-order valence-electron chi connectivity index (χ1n) is 3.89. The van der Waals surface area contributed by atoms with Crippen LogP contribution in [0.4, 0.5) is 4.79 Å². The molecule has 0 fully saturated rings. The van der Waals surface area contributed by atoms with Crippen LogP contribution in [0.1, 0.15) is 6.42 Å². The van der Waals surface area contributed by atoms with Gasteiger partial charge in [-0.15, -0.1) is 0 Å². The highest BCUT2D eigenvalue weighted by Gasteiger charge is 1.84.